The van der Waals surface area contributed by atoms with Crippen LogP contribution < -0.4 is 16.2 Å². The largest absolute Gasteiger partial charge is 0.381 e. The third-order valence-electron chi connectivity index (χ3n) is 4.76. The van der Waals surface area contributed by atoms with Gasteiger partial charge in [0.15, 0.2) is 0 Å². The Kier molecular flexibility index (Phi) is 8.37. The fourth-order valence-corrected chi connectivity index (χ4v) is 3.23. The maximum absolute atomic E-state index is 12.4. The van der Waals surface area contributed by atoms with Crippen molar-refractivity contribution in [2.45, 2.75) is 51.5 Å². The van der Waals surface area contributed by atoms with Crippen molar-refractivity contribution in [1.29, 1.82) is 0 Å². The Balaban J connectivity index is 1.77. The van der Waals surface area contributed by atoms with E-state index < -0.39 is 5.92 Å². The molecule has 26 heavy (non-hydrogen) atoms. The van der Waals surface area contributed by atoms with Gasteiger partial charge < -0.3 is 5.32 Å². The maximum Gasteiger partial charge on any atom is 0.239 e. The lowest BCUT2D eigenvalue weighted by Crippen LogP contribution is -2.48. The van der Waals surface area contributed by atoms with Gasteiger partial charge in [0.25, 0.3) is 0 Å². The number of nitrogens with zero attached hydrogens (tertiary/aromatic N) is 1. The minimum atomic E-state index is -0.427. The van der Waals surface area contributed by atoms with Gasteiger partial charge in [0, 0.05) is 18.3 Å². The summed E-state index contributed by atoms with van der Waals surface area (Å²) >= 11 is 0. The number of hydrogen-bond acceptors (Lipinski definition) is 5. The highest BCUT2D eigenvalue weighted by Gasteiger charge is 2.21. The number of rotatable bonds is 11. The third-order valence-corrected chi connectivity index (χ3v) is 4.76. The molecule has 0 aromatic heterocycles. The van der Waals surface area contributed by atoms with Crippen molar-refractivity contribution in [2.75, 3.05) is 18.4 Å². The highest BCUT2D eigenvalue weighted by molar-refractivity contribution is 5.78. The van der Waals surface area contributed by atoms with Crippen molar-refractivity contribution >= 4 is 18.0 Å². The first-order chi connectivity index (χ1) is 12.6. The molecule has 2 atom stereocenters. The van der Waals surface area contributed by atoms with Crippen LogP contribution in [0.2, 0.25) is 0 Å². The average molecular weight is 362 g/mol. The second-order valence-electron chi connectivity index (χ2n) is 6.83. The second-order valence-corrected chi connectivity index (χ2v) is 6.83. The molecule has 1 aromatic rings. The zero-order valence-corrected chi connectivity index (χ0v) is 15.4. The van der Waals surface area contributed by atoms with Crippen LogP contribution in [0, 0.1) is 5.92 Å². The van der Waals surface area contributed by atoms with E-state index in [9.17, 15) is 14.8 Å². The summed E-state index contributed by atoms with van der Waals surface area (Å²) in [5.74, 6) is -0.623. The summed E-state index contributed by atoms with van der Waals surface area (Å²) in [6, 6.07) is 8.49. The van der Waals surface area contributed by atoms with Crippen molar-refractivity contribution in [2.24, 2.45) is 5.92 Å². The maximum atomic E-state index is 12.4. The van der Waals surface area contributed by atoms with Gasteiger partial charge in [-0.15, -0.1) is 0 Å². The molecule has 4 N–H and O–H groups in total. The number of para-hydroxylation sites is 1. The highest BCUT2D eigenvalue weighted by atomic mass is 16.5. The van der Waals surface area contributed by atoms with Crippen LogP contribution in [0.5, 0.6) is 0 Å². The smallest absolute Gasteiger partial charge is 0.239 e. The number of amides is 2. The summed E-state index contributed by atoms with van der Waals surface area (Å²) in [7, 11) is 0. The summed E-state index contributed by atoms with van der Waals surface area (Å²) in [5.41, 5.74) is 8.19. The first-order valence-corrected chi connectivity index (χ1v) is 9.42. The summed E-state index contributed by atoms with van der Waals surface area (Å²) in [5, 5.41) is 13.4. The van der Waals surface area contributed by atoms with Gasteiger partial charge in [-0.2, -0.15) is 0 Å². The predicted octanol–water partition coefficient (Wildman–Crippen LogP) is 2.08. The minimum Gasteiger partial charge on any atom is -0.381 e. The molecule has 0 saturated carbocycles. The van der Waals surface area contributed by atoms with Crippen LogP contribution >= 0.6 is 0 Å². The van der Waals surface area contributed by atoms with Crippen LogP contribution in [0.3, 0.4) is 0 Å². The Morgan fingerprint density at radius 2 is 2.23 bits per heavy atom. The Morgan fingerprint density at radius 1 is 1.42 bits per heavy atom. The molecular weight excluding hydrogens is 332 g/mol. The normalized spacial score (nSPS) is 16.9. The van der Waals surface area contributed by atoms with Crippen LogP contribution in [0.1, 0.15) is 44.6 Å². The average Bonchev–Trinajstić information content (AvgIpc) is 2.67. The Hall–Kier alpha value is -2.12. The first kappa shape index (κ1) is 20.2. The van der Waals surface area contributed by atoms with E-state index in [0.717, 1.165) is 37.8 Å². The molecule has 0 bridgehead atoms. The number of aryl methyl sites for hydroxylation is 1. The van der Waals surface area contributed by atoms with E-state index in [1.54, 1.807) is 0 Å². The lowest BCUT2D eigenvalue weighted by molar-refractivity contribution is -0.154. The number of hydrogen-bond donors (Lipinski definition) is 4. The van der Waals surface area contributed by atoms with Gasteiger partial charge in [-0.05, 0) is 30.9 Å². The molecule has 0 spiro atoms. The molecule has 1 aliphatic heterocycles. The molecule has 0 saturated heterocycles. The first-order valence-electron chi connectivity index (χ1n) is 9.42. The van der Waals surface area contributed by atoms with Gasteiger partial charge >= 0.3 is 0 Å². The molecule has 0 aliphatic carbocycles. The minimum absolute atomic E-state index is 0.00970. The van der Waals surface area contributed by atoms with Gasteiger partial charge in [-0.3, -0.25) is 20.2 Å². The van der Waals surface area contributed by atoms with Crippen LogP contribution in [-0.2, 0) is 16.0 Å². The van der Waals surface area contributed by atoms with Crippen LogP contribution in [0.25, 0.3) is 0 Å². The molecule has 2 rings (SSSR count). The SMILES string of the molecule is CCCCC[C@@H](CN(O)C=O)C(=O)NNCC1CCc2ccccc2N1. The zero-order valence-electron chi connectivity index (χ0n) is 15.4. The predicted molar refractivity (Wildman–Crippen MR) is 101 cm³/mol. The Bertz CT molecular complexity index is 582. The van der Waals surface area contributed by atoms with Crippen molar-refractivity contribution in [3.63, 3.8) is 0 Å². The molecule has 2 amide bonds. The molecule has 1 unspecified atom stereocenters. The summed E-state index contributed by atoms with van der Waals surface area (Å²) in [4.78, 5) is 23.0. The monoisotopic (exact) mass is 362 g/mol. The van der Waals surface area contributed by atoms with E-state index in [1.165, 1.54) is 5.56 Å². The standard InChI is InChI=1S/C19H30N4O3/c1-2-3-4-8-16(13-23(26)14-24)19(25)22-20-12-17-11-10-15-7-5-6-9-18(15)21-17/h5-7,9,14,16-17,20-21,26H,2-4,8,10-13H2,1H3,(H,22,25)/t16-,17?/m0/s1. The van der Waals surface area contributed by atoms with E-state index in [4.69, 9.17) is 0 Å². The van der Waals surface area contributed by atoms with Crippen LogP contribution in [0.4, 0.5) is 5.69 Å². The van der Waals surface area contributed by atoms with E-state index in [0.29, 0.717) is 24.4 Å². The number of fused-ring (bicyclic) bond motifs is 1. The van der Waals surface area contributed by atoms with E-state index in [-0.39, 0.29) is 18.5 Å². The van der Waals surface area contributed by atoms with E-state index >= 15 is 0 Å². The third kappa shape index (κ3) is 6.31. The topological polar surface area (TPSA) is 93.7 Å². The van der Waals surface area contributed by atoms with Gasteiger partial charge in [0.2, 0.25) is 12.3 Å². The van der Waals surface area contributed by atoms with E-state index in [2.05, 4.69) is 35.2 Å². The number of hydroxylamine groups is 2. The molecule has 7 nitrogen and oxygen atoms in total. The number of carbonyl (C=O) groups is 2. The number of anilines is 1. The van der Waals surface area contributed by atoms with Crippen LogP contribution in [-0.4, -0.2) is 41.7 Å². The molecule has 1 aromatic carbocycles. The fourth-order valence-electron chi connectivity index (χ4n) is 3.23. The number of unbranched alkanes of at least 4 members (excludes halogenated alkanes) is 2. The van der Waals surface area contributed by atoms with Gasteiger partial charge in [-0.1, -0.05) is 44.4 Å². The number of nitrogens with one attached hydrogen (secondary N) is 3. The van der Waals surface area contributed by atoms with Gasteiger partial charge in [-0.25, -0.2) is 10.5 Å². The van der Waals surface area contributed by atoms with Crippen molar-refractivity contribution in [3.8, 4) is 0 Å². The number of benzene rings is 1. The number of hydrazine groups is 1. The van der Waals surface area contributed by atoms with Crippen LogP contribution in [0.15, 0.2) is 24.3 Å². The van der Waals surface area contributed by atoms with Crippen molar-refractivity contribution in [1.82, 2.24) is 15.9 Å². The molecular formula is C19H30N4O3. The molecule has 7 heteroatoms. The summed E-state index contributed by atoms with van der Waals surface area (Å²) in [6.45, 7) is 2.71. The molecule has 1 heterocycles. The highest BCUT2D eigenvalue weighted by Crippen LogP contribution is 2.23. The Morgan fingerprint density at radius 3 is 3.00 bits per heavy atom. The lowest BCUT2D eigenvalue weighted by atomic mass is 9.98. The lowest BCUT2D eigenvalue weighted by Gasteiger charge is -2.27. The van der Waals surface area contributed by atoms with Gasteiger partial charge in [0.1, 0.15) is 0 Å². The quantitative estimate of drug-likeness (QED) is 0.209. The fraction of sp³-hybridized carbons (Fsp3) is 0.579. The molecule has 1 aliphatic rings. The van der Waals surface area contributed by atoms with E-state index in [1.807, 2.05) is 12.1 Å². The zero-order chi connectivity index (χ0) is 18.8. The number of carbonyl (C=O) groups excluding carboxylic acids is 2. The Labute approximate surface area is 155 Å². The summed E-state index contributed by atoms with van der Waals surface area (Å²) in [6.07, 6.45) is 5.95. The second kappa shape index (κ2) is 10.8. The molecule has 0 fully saturated rings. The summed E-state index contributed by atoms with van der Waals surface area (Å²) < 4.78 is 0. The van der Waals surface area contributed by atoms with Crippen molar-refractivity contribution < 1.29 is 14.8 Å². The molecule has 0 radical (unpaired) electrons. The van der Waals surface area contributed by atoms with Crippen molar-refractivity contribution in [3.05, 3.63) is 29.8 Å². The van der Waals surface area contributed by atoms with Gasteiger partial charge in [0.05, 0.1) is 12.5 Å². The molecule has 144 valence electrons.